The molecule has 1 saturated carbocycles. The Hall–Kier alpha value is -0.570. The van der Waals surface area contributed by atoms with Crippen LogP contribution in [0.3, 0.4) is 0 Å². The Morgan fingerprint density at radius 1 is 1.58 bits per heavy atom. The Morgan fingerprint density at radius 3 is 2.92 bits per heavy atom. The predicted molar refractivity (Wildman–Crippen MR) is 47.2 cm³/mol. The van der Waals surface area contributed by atoms with Crippen LogP contribution >= 0.6 is 11.6 Å². The fourth-order valence-electron chi connectivity index (χ4n) is 1.88. The highest BCUT2D eigenvalue weighted by atomic mass is 35.5. The van der Waals surface area contributed by atoms with E-state index in [1.54, 1.807) is 0 Å². The summed E-state index contributed by atoms with van der Waals surface area (Å²) in [6.45, 7) is 0. The van der Waals surface area contributed by atoms with Gasteiger partial charge in [0.1, 0.15) is 0 Å². The molecule has 2 rings (SSSR count). The second-order valence-electron chi connectivity index (χ2n) is 3.34. The van der Waals surface area contributed by atoms with E-state index < -0.39 is 0 Å². The molecule has 0 aliphatic heterocycles. The molecule has 1 aliphatic carbocycles. The van der Waals surface area contributed by atoms with Crippen LogP contribution in [0.4, 0.5) is 0 Å². The van der Waals surface area contributed by atoms with Gasteiger partial charge >= 0.3 is 0 Å². The molecule has 0 amide bonds. The Morgan fingerprint density at radius 2 is 2.42 bits per heavy atom. The van der Waals surface area contributed by atoms with E-state index in [0.29, 0.717) is 5.92 Å². The lowest BCUT2D eigenvalue weighted by Gasteiger charge is -2.12. The summed E-state index contributed by atoms with van der Waals surface area (Å²) in [6, 6.07) is 0. The van der Waals surface area contributed by atoms with Crippen molar-refractivity contribution in [3.8, 4) is 0 Å². The largest absolute Gasteiger partial charge is 0.252 e. The number of aryl methyl sites for hydroxylation is 1. The van der Waals surface area contributed by atoms with Crippen molar-refractivity contribution in [2.45, 2.75) is 30.6 Å². The predicted octanol–water partition coefficient (Wildman–Crippen LogP) is 1.69. The molecule has 0 N–H and O–H groups in total. The molecule has 0 aromatic carbocycles. The van der Waals surface area contributed by atoms with Gasteiger partial charge in [-0.3, -0.25) is 4.68 Å². The van der Waals surface area contributed by atoms with Crippen LogP contribution in [0.25, 0.3) is 0 Å². The summed E-state index contributed by atoms with van der Waals surface area (Å²) in [4.78, 5) is 0. The van der Waals surface area contributed by atoms with Gasteiger partial charge in [-0.05, 0) is 12.8 Å². The summed E-state index contributed by atoms with van der Waals surface area (Å²) in [6.07, 6.45) is 5.35. The highest BCUT2D eigenvalue weighted by Gasteiger charge is 2.28. The average molecular weight is 186 g/mol. The van der Waals surface area contributed by atoms with Gasteiger partial charge in [0.15, 0.2) is 0 Å². The lowest BCUT2D eigenvalue weighted by Crippen LogP contribution is -2.10. The Kier molecular flexibility index (Phi) is 2.05. The van der Waals surface area contributed by atoms with Gasteiger partial charge in [0.05, 0.1) is 11.9 Å². The van der Waals surface area contributed by atoms with Crippen LogP contribution in [0.1, 0.15) is 30.9 Å². The van der Waals surface area contributed by atoms with E-state index in [1.165, 1.54) is 18.5 Å². The summed E-state index contributed by atoms with van der Waals surface area (Å²) in [5.41, 5.74) is 1.17. The van der Waals surface area contributed by atoms with Gasteiger partial charge in [-0.2, -0.15) is 0 Å². The number of halogens is 1. The van der Waals surface area contributed by atoms with Crippen molar-refractivity contribution in [2.75, 3.05) is 0 Å². The summed E-state index contributed by atoms with van der Waals surface area (Å²) < 4.78 is 1.82. The number of alkyl halides is 1. The van der Waals surface area contributed by atoms with E-state index in [0.717, 1.165) is 6.42 Å². The molecule has 0 radical (unpaired) electrons. The maximum Gasteiger partial charge on any atom is 0.0728 e. The Bertz CT molecular complexity index is 271. The first-order valence-corrected chi connectivity index (χ1v) is 4.71. The van der Waals surface area contributed by atoms with E-state index in [1.807, 2.05) is 17.9 Å². The summed E-state index contributed by atoms with van der Waals surface area (Å²) >= 11 is 6.17. The third kappa shape index (κ3) is 1.22. The number of aromatic nitrogens is 3. The number of hydrogen-bond donors (Lipinski definition) is 0. The monoisotopic (exact) mass is 185 g/mol. The number of rotatable bonds is 1. The first-order valence-electron chi connectivity index (χ1n) is 4.27. The SMILES string of the molecule is Cn1nncc1C1CCCC1Cl. The molecule has 0 saturated heterocycles. The van der Waals surface area contributed by atoms with E-state index in [9.17, 15) is 0 Å². The first-order chi connectivity index (χ1) is 5.79. The van der Waals surface area contributed by atoms with Crippen LogP contribution in [0.2, 0.25) is 0 Å². The van der Waals surface area contributed by atoms with Crippen LogP contribution in [0, 0.1) is 0 Å². The molecular formula is C8H12ClN3. The Labute approximate surface area is 76.7 Å². The molecule has 66 valence electrons. The Balaban J connectivity index is 2.24. The molecule has 1 fully saturated rings. The average Bonchev–Trinajstić information content (AvgIpc) is 2.59. The van der Waals surface area contributed by atoms with Crippen LogP contribution in [0.15, 0.2) is 6.20 Å². The van der Waals surface area contributed by atoms with Crippen molar-refractivity contribution in [1.82, 2.24) is 15.0 Å². The molecular weight excluding hydrogens is 174 g/mol. The minimum atomic E-state index is 0.280. The normalized spacial score (nSPS) is 29.5. The highest BCUT2D eigenvalue weighted by molar-refractivity contribution is 6.21. The van der Waals surface area contributed by atoms with Crippen LogP contribution < -0.4 is 0 Å². The van der Waals surface area contributed by atoms with Gasteiger partial charge in [-0.15, -0.1) is 16.7 Å². The zero-order valence-electron chi connectivity index (χ0n) is 7.07. The molecule has 2 atom stereocenters. The van der Waals surface area contributed by atoms with Crippen molar-refractivity contribution in [2.24, 2.45) is 7.05 Å². The molecule has 2 unspecified atom stereocenters. The van der Waals surface area contributed by atoms with Gasteiger partial charge in [0.25, 0.3) is 0 Å². The van der Waals surface area contributed by atoms with Crippen molar-refractivity contribution >= 4 is 11.6 Å². The topological polar surface area (TPSA) is 30.7 Å². The van der Waals surface area contributed by atoms with E-state index >= 15 is 0 Å². The fraction of sp³-hybridized carbons (Fsp3) is 0.750. The second-order valence-corrected chi connectivity index (χ2v) is 3.90. The molecule has 0 bridgehead atoms. The molecule has 1 heterocycles. The first kappa shape index (κ1) is 8.05. The summed E-state index contributed by atoms with van der Waals surface area (Å²) in [7, 11) is 1.92. The fourth-order valence-corrected chi connectivity index (χ4v) is 2.29. The van der Waals surface area contributed by atoms with Gasteiger partial charge in [-0.1, -0.05) is 11.6 Å². The number of hydrogen-bond acceptors (Lipinski definition) is 2. The maximum absolute atomic E-state index is 6.17. The van der Waals surface area contributed by atoms with Gasteiger partial charge in [0.2, 0.25) is 0 Å². The van der Waals surface area contributed by atoms with Crippen molar-refractivity contribution in [1.29, 1.82) is 0 Å². The molecule has 0 spiro atoms. The standard InChI is InChI=1S/C8H12ClN3/c1-12-8(5-10-11-12)6-3-2-4-7(6)9/h5-7H,2-4H2,1H3. The van der Waals surface area contributed by atoms with E-state index in [4.69, 9.17) is 11.6 Å². The lowest BCUT2D eigenvalue weighted by molar-refractivity contribution is 0.610. The molecule has 3 nitrogen and oxygen atoms in total. The molecule has 4 heteroatoms. The molecule has 1 aliphatic rings. The third-order valence-electron chi connectivity index (χ3n) is 2.56. The van der Waals surface area contributed by atoms with Crippen molar-refractivity contribution in [3.05, 3.63) is 11.9 Å². The highest BCUT2D eigenvalue weighted by Crippen LogP contribution is 2.37. The summed E-state index contributed by atoms with van der Waals surface area (Å²) in [5, 5.41) is 8.04. The van der Waals surface area contributed by atoms with Crippen molar-refractivity contribution in [3.63, 3.8) is 0 Å². The zero-order valence-corrected chi connectivity index (χ0v) is 7.83. The smallest absolute Gasteiger partial charge is 0.0728 e. The van der Waals surface area contributed by atoms with Crippen LogP contribution in [-0.4, -0.2) is 20.4 Å². The van der Waals surface area contributed by atoms with Crippen LogP contribution in [-0.2, 0) is 7.05 Å². The zero-order chi connectivity index (χ0) is 8.55. The molecule has 1 aromatic rings. The lowest BCUT2D eigenvalue weighted by atomic mass is 10.0. The van der Waals surface area contributed by atoms with E-state index in [-0.39, 0.29) is 5.38 Å². The minimum absolute atomic E-state index is 0.280. The van der Waals surface area contributed by atoms with Gasteiger partial charge in [-0.25, -0.2) is 0 Å². The molecule has 12 heavy (non-hydrogen) atoms. The molecule has 1 aromatic heterocycles. The van der Waals surface area contributed by atoms with Crippen LogP contribution in [0.5, 0.6) is 0 Å². The van der Waals surface area contributed by atoms with Crippen molar-refractivity contribution < 1.29 is 0 Å². The third-order valence-corrected chi connectivity index (χ3v) is 3.08. The summed E-state index contributed by atoms with van der Waals surface area (Å²) in [5.74, 6) is 0.465. The maximum atomic E-state index is 6.17. The second kappa shape index (κ2) is 3.05. The van der Waals surface area contributed by atoms with Gasteiger partial charge < -0.3 is 0 Å². The van der Waals surface area contributed by atoms with Gasteiger partial charge in [0, 0.05) is 18.3 Å². The quantitative estimate of drug-likeness (QED) is 0.624. The minimum Gasteiger partial charge on any atom is -0.252 e. The number of nitrogens with zero attached hydrogens (tertiary/aromatic N) is 3. The van der Waals surface area contributed by atoms with E-state index in [2.05, 4.69) is 10.3 Å².